The van der Waals surface area contributed by atoms with Crippen LogP contribution in [0.25, 0.3) is 11.3 Å². The zero-order valence-electron chi connectivity index (χ0n) is 15.6. The van der Waals surface area contributed by atoms with E-state index in [2.05, 4.69) is 41.2 Å². The lowest BCUT2D eigenvalue weighted by Gasteiger charge is -2.43. The molecule has 0 bridgehead atoms. The van der Waals surface area contributed by atoms with Crippen molar-refractivity contribution in [2.45, 2.75) is 51.3 Å². The molecular weight excluding hydrogens is 328 g/mol. The number of hydrogen-bond acceptors (Lipinski definition) is 5. The second kappa shape index (κ2) is 7.14. The van der Waals surface area contributed by atoms with Gasteiger partial charge in [0, 0.05) is 30.2 Å². The molecule has 3 atom stereocenters. The quantitative estimate of drug-likeness (QED) is 0.910. The average Bonchev–Trinajstić information content (AvgIpc) is 3.25. The third kappa shape index (κ3) is 3.56. The topological polar surface area (TPSA) is 58.7 Å². The van der Waals surface area contributed by atoms with Gasteiger partial charge in [0.05, 0.1) is 18.8 Å². The zero-order chi connectivity index (χ0) is 18.1. The summed E-state index contributed by atoms with van der Waals surface area (Å²) in [7, 11) is 0. The minimum absolute atomic E-state index is 0.151. The van der Waals surface area contributed by atoms with Crippen LogP contribution in [0.5, 0.6) is 0 Å². The molecule has 2 aliphatic rings. The summed E-state index contributed by atoms with van der Waals surface area (Å²) in [5.41, 5.74) is 2.54. The maximum absolute atomic E-state index is 10.8. The third-order valence-electron chi connectivity index (χ3n) is 5.99. The Morgan fingerprint density at radius 3 is 2.88 bits per heavy atom. The maximum Gasteiger partial charge on any atom is 0.151 e. The molecule has 5 heteroatoms. The molecule has 0 saturated carbocycles. The molecule has 2 aromatic rings. The Balaban J connectivity index is 1.47. The lowest BCUT2D eigenvalue weighted by molar-refractivity contribution is -0.124. The molecule has 1 aromatic carbocycles. The van der Waals surface area contributed by atoms with E-state index in [0.717, 1.165) is 42.9 Å². The molecule has 0 radical (unpaired) electrons. The summed E-state index contributed by atoms with van der Waals surface area (Å²) in [4.78, 5) is 2.42. The molecule has 0 amide bonds. The Kier molecular flexibility index (Phi) is 4.86. The fraction of sp³-hybridized carbons (Fsp3) is 0.571. The lowest BCUT2D eigenvalue weighted by Crippen LogP contribution is -2.52. The smallest absolute Gasteiger partial charge is 0.151 e. The van der Waals surface area contributed by atoms with Crippen molar-refractivity contribution in [1.29, 1.82) is 0 Å². The van der Waals surface area contributed by atoms with Gasteiger partial charge in [-0.1, -0.05) is 35.0 Å². The SMILES string of the molecule is Cc1ccc(-c2cc(CN3CCC[C@@H]3[C@@H]3COCC[C@]3(C)O)on2)cc1. The average molecular weight is 356 g/mol. The van der Waals surface area contributed by atoms with Crippen LogP contribution in [-0.2, 0) is 11.3 Å². The number of aromatic nitrogens is 1. The second-order valence-corrected chi connectivity index (χ2v) is 8.01. The molecule has 1 N–H and O–H groups in total. The third-order valence-corrected chi connectivity index (χ3v) is 5.99. The van der Waals surface area contributed by atoms with Crippen LogP contribution in [-0.4, -0.2) is 46.6 Å². The van der Waals surface area contributed by atoms with Crippen LogP contribution >= 0.6 is 0 Å². The summed E-state index contributed by atoms with van der Waals surface area (Å²) in [6, 6.07) is 10.7. The Bertz CT molecular complexity index is 738. The van der Waals surface area contributed by atoms with Crippen molar-refractivity contribution in [1.82, 2.24) is 10.1 Å². The number of likely N-dealkylation sites (tertiary alicyclic amines) is 1. The monoisotopic (exact) mass is 356 g/mol. The molecule has 0 unspecified atom stereocenters. The van der Waals surface area contributed by atoms with Crippen molar-refractivity contribution >= 4 is 0 Å². The van der Waals surface area contributed by atoms with E-state index in [4.69, 9.17) is 9.26 Å². The molecule has 4 rings (SSSR count). The van der Waals surface area contributed by atoms with E-state index >= 15 is 0 Å². The summed E-state index contributed by atoms with van der Waals surface area (Å²) >= 11 is 0. The predicted octanol–water partition coefficient (Wildman–Crippen LogP) is 3.40. The van der Waals surface area contributed by atoms with Crippen molar-refractivity contribution < 1.29 is 14.4 Å². The van der Waals surface area contributed by atoms with Crippen LogP contribution in [0.4, 0.5) is 0 Å². The highest BCUT2D eigenvalue weighted by molar-refractivity contribution is 5.59. The van der Waals surface area contributed by atoms with Crippen LogP contribution in [0, 0.1) is 12.8 Å². The van der Waals surface area contributed by atoms with Gasteiger partial charge in [-0.05, 0) is 39.7 Å². The van der Waals surface area contributed by atoms with Crippen LogP contribution in [0.15, 0.2) is 34.9 Å². The number of ether oxygens (including phenoxy) is 1. The summed E-state index contributed by atoms with van der Waals surface area (Å²) in [5.74, 6) is 1.03. The summed E-state index contributed by atoms with van der Waals surface area (Å²) < 4.78 is 11.3. The van der Waals surface area contributed by atoms with Gasteiger partial charge in [-0.3, -0.25) is 4.90 Å². The Labute approximate surface area is 154 Å². The predicted molar refractivity (Wildman–Crippen MR) is 99.7 cm³/mol. The van der Waals surface area contributed by atoms with Crippen LogP contribution in [0.2, 0.25) is 0 Å². The van der Waals surface area contributed by atoms with Gasteiger partial charge in [-0.25, -0.2) is 0 Å². The van der Waals surface area contributed by atoms with E-state index in [9.17, 15) is 5.11 Å². The van der Waals surface area contributed by atoms with Gasteiger partial charge in [0.15, 0.2) is 5.76 Å². The molecule has 2 fully saturated rings. The van der Waals surface area contributed by atoms with E-state index in [1.165, 1.54) is 5.56 Å². The second-order valence-electron chi connectivity index (χ2n) is 8.01. The van der Waals surface area contributed by atoms with Gasteiger partial charge >= 0.3 is 0 Å². The summed E-state index contributed by atoms with van der Waals surface area (Å²) in [6.45, 7) is 7.08. The minimum Gasteiger partial charge on any atom is -0.390 e. The molecule has 140 valence electrons. The standard InChI is InChI=1S/C21H28N2O3/c1-15-5-7-16(8-6-15)19-12-17(26-22-19)13-23-10-3-4-20(23)18-14-25-11-9-21(18,2)24/h5-8,12,18,20,24H,3-4,9-11,13-14H2,1-2H3/t18-,20+,21-/m0/s1. The van der Waals surface area contributed by atoms with Crippen molar-refractivity contribution in [3.63, 3.8) is 0 Å². The minimum atomic E-state index is -0.653. The molecule has 0 aliphatic carbocycles. The highest BCUT2D eigenvalue weighted by Gasteiger charge is 2.44. The highest BCUT2D eigenvalue weighted by atomic mass is 16.5. The van der Waals surface area contributed by atoms with Crippen molar-refractivity contribution in [2.24, 2.45) is 5.92 Å². The molecule has 3 heterocycles. The number of hydrogen-bond donors (Lipinski definition) is 1. The van der Waals surface area contributed by atoms with Gasteiger partial charge in [-0.2, -0.15) is 0 Å². The van der Waals surface area contributed by atoms with E-state index in [0.29, 0.717) is 25.7 Å². The first-order chi connectivity index (χ1) is 12.5. The van der Waals surface area contributed by atoms with Crippen molar-refractivity contribution in [2.75, 3.05) is 19.8 Å². The number of aryl methyl sites for hydroxylation is 1. The Morgan fingerprint density at radius 2 is 2.12 bits per heavy atom. The number of nitrogens with zero attached hydrogens (tertiary/aromatic N) is 2. The maximum atomic E-state index is 10.8. The number of rotatable bonds is 4. The van der Waals surface area contributed by atoms with Crippen molar-refractivity contribution in [3.05, 3.63) is 41.7 Å². The van der Waals surface area contributed by atoms with E-state index in [-0.39, 0.29) is 5.92 Å². The summed E-state index contributed by atoms with van der Waals surface area (Å²) in [5, 5.41) is 15.1. The van der Waals surface area contributed by atoms with E-state index in [1.54, 1.807) is 0 Å². The van der Waals surface area contributed by atoms with Crippen molar-refractivity contribution in [3.8, 4) is 11.3 Å². The first-order valence-corrected chi connectivity index (χ1v) is 9.60. The lowest BCUT2D eigenvalue weighted by atomic mass is 9.79. The van der Waals surface area contributed by atoms with Gasteiger partial charge in [0.1, 0.15) is 5.69 Å². The molecule has 5 nitrogen and oxygen atoms in total. The Morgan fingerprint density at radius 1 is 1.31 bits per heavy atom. The normalized spacial score (nSPS) is 30.0. The molecule has 26 heavy (non-hydrogen) atoms. The molecule has 0 spiro atoms. The first-order valence-electron chi connectivity index (χ1n) is 9.60. The zero-order valence-corrected chi connectivity index (χ0v) is 15.6. The Hall–Kier alpha value is -1.69. The molecular formula is C21H28N2O3. The first kappa shape index (κ1) is 17.7. The molecule has 2 aliphatic heterocycles. The fourth-order valence-corrected chi connectivity index (χ4v) is 4.33. The van der Waals surface area contributed by atoms with Crippen LogP contribution < -0.4 is 0 Å². The fourth-order valence-electron chi connectivity index (χ4n) is 4.33. The van der Waals surface area contributed by atoms with E-state index in [1.807, 2.05) is 13.0 Å². The summed E-state index contributed by atoms with van der Waals surface area (Å²) in [6.07, 6.45) is 2.96. The number of aliphatic hydroxyl groups is 1. The molecule has 2 saturated heterocycles. The van der Waals surface area contributed by atoms with Gasteiger partial charge in [-0.15, -0.1) is 0 Å². The van der Waals surface area contributed by atoms with Gasteiger partial charge < -0.3 is 14.4 Å². The van der Waals surface area contributed by atoms with E-state index < -0.39 is 5.60 Å². The number of benzene rings is 1. The van der Waals surface area contributed by atoms with Gasteiger partial charge in [0.25, 0.3) is 0 Å². The van der Waals surface area contributed by atoms with Crippen LogP contribution in [0.3, 0.4) is 0 Å². The highest BCUT2D eigenvalue weighted by Crippen LogP contribution is 2.36. The largest absolute Gasteiger partial charge is 0.390 e. The molecule has 1 aromatic heterocycles. The van der Waals surface area contributed by atoms with Crippen LogP contribution in [0.1, 0.15) is 37.5 Å². The van der Waals surface area contributed by atoms with Gasteiger partial charge in [0.2, 0.25) is 0 Å².